The molecule has 3 nitrogen and oxygen atoms in total. The zero-order chi connectivity index (χ0) is 17.3. The normalized spacial score (nSPS) is 11.1. The Labute approximate surface area is 157 Å². The number of thioether (sulfide) groups is 1. The van der Waals surface area contributed by atoms with Gasteiger partial charge in [0.05, 0.1) is 11.9 Å². The molecule has 0 amide bonds. The van der Waals surface area contributed by atoms with Crippen molar-refractivity contribution in [2.45, 2.75) is 24.7 Å². The lowest BCUT2D eigenvalue weighted by Crippen LogP contribution is -1.92. The van der Waals surface area contributed by atoms with E-state index in [1.54, 1.807) is 11.3 Å². The van der Waals surface area contributed by atoms with Crippen molar-refractivity contribution in [3.63, 3.8) is 0 Å². The molecule has 1 heterocycles. The average Bonchev–Trinajstić information content (AvgIpc) is 3.13. The van der Waals surface area contributed by atoms with Crippen LogP contribution in [0.5, 0.6) is 0 Å². The number of nitrogens with zero attached hydrogens (tertiary/aromatic N) is 2. The van der Waals surface area contributed by atoms with Crippen LogP contribution >= 0.6 is 23.1 Å². The van der Waals surface area contributed by atoms with E-state index in [2.05, 4.69) is 52.8 Å². The van der Waals surface area contributed by atoms with E-state index < -0.39 is 0 Å². The molecule has 2 aromatic carbocycles. The minimum absolute atomic E-state index is 0.797. The number of hydrogen-bond acceptors (Lipinski definition) is 5. The molecule has 3 rings (SSSR count). The summed E-state index contributed by atoms with van der Waals surface area (Å²) in [7, 11) is 0. The fourth-order valence-electron chi connectivity index (χ4n) is 2.27. The van der Waals surface area contributed by atoms with Crippen LogP contribution in [0.25, 0.3) is 11.3 Å². The van der Waals surface area contributed by atoms with Crippen molar-refractivity contribution in [1.82, 2.24) is 4.98 Å². The highest BCUT2D eigenvalue weighted by molar-refractivity contribution is 7.99. The molecule has 0 aliphatic heterocycles. The van der Waals surface area contributed by atoms with Crippen molar-refractivity contribution >= 4 is 34.4 Å². The molecular weight excluding hydrogens is 346 g/mol. The SMILES string of the molecule is CCCCSc1ccccc1C=NNc1nc(-c2ccccc2)cs1. The summed E-state index contributed by atoms with van der Waals surface area (Å²) in [5, 5.41) is 7.21. The maximum atomic E-state index is 4.58. The molecule has 0 radical (unpaired) electrons. The summed E-state index contributed by atoms with van der Waals surface area (Å²) in [6.07, 6.45) is 4.33. The Hall–Kier alpha value is -2.11. The van der Waals surface area contributed by atoms with Crippen molar-refractivity contribution in [2.24, 2.45) is 5.10 Å². The summed E-state index contributed by atoms with van der Waals surface area (Å²) in [4.78, 5) is 5.85. The second-order valence-electron chi connectivity index (χ2n) is 5.51. The molecule has 0 bridgehead atoms. The van der Waals surface area contributed by atoms with Crippen LogP contribution in [-0.4, -0.2) is 17.0 Å². The second-order valence-corrected chi connectivity index (χ2v) is 7.51. The fraction of sp³-hybridized carbons (Fsp3) is 0.200. The molecule has 1 N–H and O–H groups in total. The smallest absolute Gasteiger partial charge is 0.203 e. The van der Waals surface area contributed by atoms with Crippen LogP contribution in [0.3, 0.4) is 0 Å². The summed E-state index contributed by atoms with van der Waals surface area (Å²) in [5.41, 5.74) is 6.27. The zero-order valence-corrected chi connectivity index (χ0v) is 15.8. The Morgan fingerprint density at radius 2 is 1.92 bits per heavy atom. The van der Waals surface area contributed by atoms with Gasteiger partial charge >= 0.3 is 0 Å². The van der Waals surface area contributed by atoms with Crippen molar-refractivity contribution in [1.29, 1.82) is 0 Å². The predicted octanol–water partition coefficient (Wildman–Crippen LogP) is 6.15. The lowest BCUT2D eigenvalue weighted by molar-refractivity contribution is 0.896. The highest BCUT2D eigenvalue weighted by Gasteiger charge is 2.03. The number of rotatable bonds is 8. The van der Waals surface area contributed by atoms with Crippen LogP contribution in [-0.2, 0) is 0 Å². The topological polar surface area (TPSA) is 37.3 Å². The van der Waals surface area contributed by atoms with E-state index in [1.807, 2.05) is 47.6 Å². The maximum absolute atomic E-state index is 4.58. The first-order valence-corrected chi connectivity index (χ1v) is 10.2. The second kappa shape index (κ2) is 9.39. The highest BCUT2D eigenvalue weighted by Crippen LogP contribution is 2.25. The van der Waals surface area contributed by atoms with Gasteiger partial charge in [0, 0.05) is 21.4 Å². The molecule has 25 heavy (non-hydrogen) atoms. The minimum Gasteiger partial charge on any atom is -0.253 e. The Morgan fingerprint density at radius 1 is 1.12 bits per heavy atom. The Balaban J connectivity index is 1.63. The van der Waals surface area contributed by atoms with Crippen molar-refractivity contribution < 1.29 is 0 Å². The third kappa shape index (κ3) is 5.18. The number of benzene rings is 2. The standard InChI is InChI=1S/C20H21N3S2/c1-2-3-13-24-19-12-8-7-11-17(19)14-21-23-20-22-18(15-25-20)16-9-5-4-6-10-16/h4-12,14-15H,2-3,13H2,1H3,(H,22,23). The number of nitrogens with one attached hydrogen (secondary N) is 1. The molecule has 3 aromatic rings. The molecule has 128 valence electrons. The van der Waals surface area contributed by atoms with Gasteiger partial charge in [0.1, 0.15) is 0 Å². The first kappa shape index (κ1) is 17.7. The summed E-state index contributed by atoms with van der Waals surface area (Å²) >= 11 is 3.45. The van der Waals surface area contributed by atoms with Gasteiger partial charge in [-0.1, -0.05) is 61.9 Å². The van der Waals surface area contributed by atoms with Gasteiger partial charge in [-0.3, -0.25) is 5.43 Å². The van der Waals surface area contributed by atoms with E-state index in [9.17, 15) is 0 Å². The summed E-state index contributed by atoms with van der Waals surface area (Å²) in [6, 6.07) is 18.5. The van der Waals surface area contributed by atoms with E-state index in [4.69, 9.17) is 0 Å². The molecule has 0 fully saturated rings. The minimum atomic E-state index is 0.797. The van der Waals surface area contributed by atoms with E-state index in [1.165, 1.54) is 17.7 Å². The van der Waals surface area contributed by atoms with Crippen molar-refractivity contribution in [3.8, 4) is 11.3 Å². The molecule has 0 unspecified atom stereocenters. The number of hydrogen-bond donors (Lipinski definition) is 1. The highest BCUT2D eigenvalue weighted by atomic mass is 32.2. The summed E-state index contributed by atoms with van der Waals surface area (Å²) < 4.78 is 0. The van der Waals surface area contributed by atoms with Crippen LogP contribution in [0.4, 0.5) is 5.13 Å². The lowest BCUT2D eigenvalue weighted by Gasteiger charge is -2.04. The van der Waals surface area contributed by atoms with E-state index >= 15 is 0 Å². The Morgan fingerprint density at radius 3 is 2.76 bits per heavy atom. The van der Waals surface area contributed by atoms with E-state index in [0.29, 0.717) is 0 Å². The monoisotopic (exact) mass is 367 g/mol. The fourth-order valence-corrected chi connectivity index (χ4v) is 4.05. The Kier molecular flexibility index (Phi) is 6.65. The van der Waals surface area contributed by atoms with Gasteiger partial charge in [0.25, 0.3) is 0 Å². The summed E-state index contributed by atoms with van der Waals surface area (Å²) in [6.45, 7) is 2.22. The van der Waals surface area contributed by atoms with Crippen LogP contribution in [0, 0.1) is 0 Å². The molecule has 0 spiro atoms. The first-order valence-electron chi connectivity index (χ1n) is 8.38. The van der Waals surface area contributed by atoms with E-state index in [-0.39, 0.29) is 0 Å². The van der Waals surface area contributed by atoms with Gasteiger partial charge in [-0.25, -0.2) is 4.98 Å². The molecule has 0 atom stereocenters. The largest absolute Gasteiger partial charge is 0.253 e. The van der Waals surface area contributed by atoms with Crippen LogP contribution in [0.15, 0.2) is 70.0 Å². The van der Waals surface area contributed by atoms with Gasteiger partial charge in [-0.2, -0.15) is 5.10 Å². The molecule has 5 heteroatoms. The molecule has 0 aliphatic rings. The molecular formula is C20H21N3S2. The molecule has 0 saturated carbocycles. The van der Waals surface area contributed by atoms with Crippen molar-refractivity contribution in [3.05, 3.63) is 65.5 Å². The summed E-state index contributed by atoms with van der Waals surface area (Å²) in [5.74, 6) is 1.14. The van der Waals surface area contributed by atoms with Gasteiger partial charge < -0.3 is 0 Å². The number of hydrazone groups is 1. The number of aromatic nitrogens is 1. The predicted molar refractivity (Wildman–Crippen MR) is 111 cm³/mol. The Bertz CT molecular complexity index is 813. The number of anilines is 1. The third-order valence-corrected chi connectivity index (χ3v) is 5.53. The molecule has 0 aliphatic carbocycles. The van der Waals surface area contributed by atoms with Crippen LogP contribution in [0.2, 0.25) is 0 Å². The quantitative estimate of drug-likeness (QED) is 0.225. The van der Waals surface area contributed by atoms with Gasteiger partial charge in [-0.05, 0) is 18.2 Å². The van der Waals surface area contributed by atoms with Crippen LogP contribution in [0.1, 0.15) is 25.3 Å². The number of thiazole rings is 1. The molecule has 0 saturated heterocycles. The van der Waals surface area contributed by atoms with Gasteiger partial charge in [-0.15, -0.1) is 23.1 Å². The third-order valence-electron chi connectivity index (χ3n) is 3.61. The van der Waals surface area contributed by atoms with Gasteiger partial charge in [0.2, 0.25) is 5.13 Å². The zero-order valence-electron chi connectivity index (χ0n) is 14.2. The maximum Gasteiger partial charge on any atom is 0.203 e. The first-order chi connectivity index (χ1) is 12.4. The van der Waals surface area contributed by atoms with Crippen LogP contribution < -0.4 is 5.43 Å². The van der Waals surface area contributed by atoms with Gasteiger partial charge in [0.15, 0.2) is 0 Å². The average molecular weight is 368 g/mol. The molecule has 1 aromatic heterocycles. The number of unbranched alkanes of at least 4 members (excludes halogenated alkanes) is 1. The van der Waals surface area contributed by atoms with Crippen molar-refractivity contribution in [2.75, 3.05) is 11.2 Å². The van der Waals surface area contributed by atoms with E-state index in [0.717, 1.165) is 27.7 Å². The lowest BCUT2D eigenvalue weighted by atomic mass is 10.2.